The number of nitrogens with one attached hydrogen (secondary N) is 1. The molecule has 2 amide bonds. The summed E-state index contributed by atoms with van der Waals surface area (Å²) in [4.78, 5) is 26.6. The summed E-state index contributed by atoms with van der Waals surface area (Å²) in [5, 5.41) is 2.48. The zero-order valence-corrected chi connectivity index (χ0v) is 12.5. The molecule has 1 aromatic heterocycles. The van der Waals surface area contributed by atoms with Crippen LogP contribution in [0, 0.1) is 11.6 Å². The number of primary amides is 1. The zero-order valence-electron chi connectivity index (χ0n) is 11.8. The maximum absolute atomic E-state index is 13.5. The summed E-state index contributed by atoms with van der Waals surface area (Å²) in [6.07, 6.45) is 1.11. The lowest BCUT2D eigenvalue weighted by molar-refractivity contribution is -0.116. The molecule has 8 heteroatoms. The first-order valence-electron chi connectivity index (χ1n) is 6.56. The summed E-state index contributed by atoms with van der Waals surface area (Å²) >= 11 is 5.89. The van der Waals surface area contributed by atoms with E-state index in [9.17, 15) is 18.4 Å². The van der Waals surface area contributed by atoms with Gasteiger partial charge in [-0.15, -0.1) is 0 Å². The van der Waals surface area contributed by atoms with E-state index in [1.54, 1.807) is 0 Å². The van der Waals surface area contributed by atoms with Gasteiger partial charge < -0.3 is 11.1 Å². The first-order valence-corrected chi connectivity index (χ1v) is 6.94. The number of rotatable bonds is 5. The van der Waals surface area contributed by atoms with Crippen LogP contribution in [-0.4, -0.2) is 16.8 Å². The Morgan fingerprint density at radius 3 is 2.70 bits per heavy atom. The Balaban J connectivity index is 2.00. The molecule has 0 spiro atoms. The maximum atomic E-state index is 13.5. The number of pyridine rings is 1. The molecule has 1 aromatic carbocycles. The molecule has 0 radical (unpaired) electrons. The molecule has 2 rings (SSSR count). The average molecular weight is 340 g/mol. The van der Waals surface area contributed by atoms with Gasteiger partial charge in [-0.3, -0.25) is 9.59 Å². The molecule has 5 nitrogen and oxygen atoms in total. The predicted molar refractivity (Wildman–Crippen MR) is 81.1 cm³/mol. The van der Waals surface area contributed by atoms with Crippen molar-refractivity contribution in [3.8, 4) is 0 Å². The number of nitrogens with two attached hydrogens (primary N) is 1. The van der Waals surface area contributed by atoms with E-state index in [0.717, 1.165) is 6.07 Å². The van der Waals surface area contributed by atoms with Crippen molar-refractivity contribution < 1.29 is 18.4 Å². The Morgan fingerprint density at radius 1 is 1.30 bits per heavy atom. The molecular formula is C15H12ClF2N3O2. The SMILES string of the molecule is NC(=O)c1cnc(NC(=O)CCc2cccc(F)c2F)c(Cl)c1. The van der Waals surface area contributed by atoms with Gasteiger partial charge in [0.25, 0.3) is 0 Å². The van der Waals surface area contributed by atoms with Crippen LogP contribution in [0.1, 0.15) is 22.3 Å². The molecule has 3 N–H and O–H groups in total. The van der Waals surface area contributed by atoms with E-state index in [4.69, 9.17) is 17.3 Å². The van der Waals surface area contributed by atoms with E-state index in [-0.39, 0.29) is 34.8 Å². The molecule has 0 saturated heterocycles. The van der Waals surface area contributed by atoms with Crippen molar-refractivity contribution in [3.05, 3.63) is 58.2 Å². The summed E-state index contributed by atoms with van der Waals surface area (Å²) in [5.74, 6) is -3.05. The van der Waals surface area contributed by atoms with Crippen LogP contribution in [0.25, 0.3) is 0 Å². The quantitative estimate of drug-likeness (QED) is 0.878. The van der Waals surface area contributed by atoms with Gasteiger partial charge in [0.1, 0.15) is 0 Å². The number of aromatic nitrogens is 1. The monoisotopic (exact) mass is 339 g/mol. The average Bonchev–Trinajstić information content (AvgIpc) is 2.50. The van der Waals surface area contributed by atoms with Crippen molar-refractivity contribution in [2.75, 3.05) is 5.32 Å². The van der Waals surface area contributed by atoms with Gasteiger partial charge in [0.15, 0.2) is 17.5 Å². The number of nitrogens with zero attached hydrogens (tertiary/aromatic N) is 1. The van der Waals surface area contributed by atoms with Crippen LogP contribution in [0.4, 0.5) is 14.6 Å². The third-order valence-electron chi connectivity index (χ3n) is 3.04. The lowest BCUT2D eigenvalue weighted by atomic mass is 10.1. The molecule has 0 atom stereocenters. The van der Waals surface area contributed by atoms with Crippen LogP contribution < -0.4 is 11.1 Å². The lowest BCUT2D eigenvalue weighted by Gasteiger charge is -2.07. The highest BCUT2D eigenvalue weighted by Crippen LogP contribution is 2.20. The number of benzene rings is 1. The fourth-order valence-electron chi connectivity index (χ4n) is 1.85. The third-order valence-corrected chi connectivity index (χ3v) is 3.32. The summed E-state index contributed by atoms with van der Waals surface area (Å²) in [6.45, 7) is 0. The number of hydrogen-bond acceptors (Lipinski definition) is 3. The minimum atomic E-state index is -0.970. The standard InChI is InChI=1S/C15H12ClF2N3O2/c16-10-6-9(14(19)23)7-20-15(10)21-12(22)5-4-8-2-1-3-11(17)13(8)18/h1-3,6-7H,4-5H2,(H2,19,23)(H,20,21,22). The van der Waals surface area contributed by atoms with Crippen molar-refractivity contribution >= 4 is 29.2 Å². The smallest absolute Gasteiger partial charge is 0.250 e. The molecule has 0 saturated carbocycles. The summed E-state index contributed by atoms with van der Waals surface area (Å²) in [5.41, 5.74) is 5.29. The molecule has 23 heavy (non-hydrogen) atoms. The molecule has 0 bridgehead atoms. The third kappa shape index (κ3) is 4.23. The molecule has 0 aliphatic carbocycles. The molecule has 0 aliphatic rings. The second-order valence-electron chi connectivity index (χ2n) is 4.68. The Labute approximate surface area is 135 Å². The topological polar surface area (TPSA) is 85.1 Å². The van der Waals surface area contributed by atoms with Crippen LogP contribution in [-0.2, 0) is 11.2 Å². The van der Waals surface area contributed by atoms with Gasteiger partial charge in [-0.2, -0.15) is 0 Å². The van der Waals surface area contributed by atoms with Crippen molar-refractivity contribution in [2.45, 2.75) is 12.8 Å². The van der Waals surface area contributed by atoms with E-state index >= 15 is 0 Å². The van der Waals surface area contributed by atoms with E-state index in [1.807, 2.05) is 0 Å². The number of carbonyl (C=O) groups excluding carboxylic acids is 2. The molecule has 0 aliphatic heterocycles. The van der Waals surface area contributed by atoms with Crippen molar-refractivity contribution in [1.29, 1.82) is 0 Å². The fourth-order valence-corrected chi connectivity index (χ4v) is 2.06. The van der Waals surface area contributed by atoms with E-state index in [1.165, 1.54) is 24.4 Å². The number of aryl methyl sites for hydroxylation is 1. The molecule has 0 fully saturated rings. The van der Waals surface area contributed by atoms with Gasteiger partial charge >= 0.3 is 0 Å². The Hall–Kier alpha value is -2.54. The van der Waals surface area contributed by atoms with Gasteiger partial charge in [0.2, 0.25) is 11.8 Å². The number of amides is 2. The number of carbonyl (C=O) groups is 2. The largest absolute Gasteiger partial charge is 0.366 e. The van der Waals surface area contributed by atoms with Gasteiger partial charge in [-0.25, -0.2) is 13.8 Å². The highest BCUT2D eigenvalue weighted by atomic mass is 35.5. The van der Waals surface area contributed by atoms with Crippen LogP contribution in [0.15, 0.2) is 30.5 Å². The van der Waals surface area contributed by atoms with Crippen molar-refractivity contribution in [2.24, 2.45) is 5.73 Å². The van der Waals surface area contributed by atoms with Crippen LogP contribution in [0.5, 0.6) is 0 Å². The Morgan fingerprint density at radius 2 is 2.04 bits per heavy atom. The normalized spacial score (nSPS) is 10.4. The predicted octanol–water partition coefficient (Wildman–Crippen LogP) is 2.68. The summed E-state index contributed by atoms with van der Waals surface area (Å²) in [6, 6.07) is 5.05. The summed E-state index contributed by atoms with van der Waals surface area (Å²) < 4.78 is 26.5. The first kappa shape index (κ1) is 16.8. The van der Waals surface area contributed by atoms with Crippen LogP contribution in [0.3, 0.4) is 0 Å². The maximum Gasteiger partial charge on any atom is 0.250 e. The minimum absolute atomic E-state index is 0.0203. The molecule has 2 aromatic rings. The van der Waals surface area contributed by atoms with Crippen molar-refractivity contribution in [3.63, 3.8) is 0 Å². The minimum Gasteiger partial charge on any atom is -0.366 e. The fraction of sp³-hybridized carbons (Fsp3) is 0.133. The zero-order chi connectivity index (χ0) is 17.0. The van der Waals surface area contributed by atoms with Gasteiger partial charge in [0.05, 0.1) is 10.6 Å². The summed E-state index contributed by atoms with van der Waals surface area (Å²) in [7, 11) is 0. The van der Waals surface area contributed by atoms with Gasteiger partial charge in [-0.1, -0.05) is 23.7 Å². The molecular weight excluding hydrogens is 328 g/mol. The number of halogens is 3. The second kappa shape index (κ2) is 7.15. The Kier molecular flexibility index (Phi) is 5.23. The van der Waals surface area contributed by atoms with Crippen LogP contribution >= 0.6 is 11.6 Å². The second-order valence-corrected chi connectivity index (χ2v) is 5.09. The molecule has 120 valence electrons. The van der Waals surface area contributed by atoms with Crippen LogP contribution in [0.2, 0.25) is 5.02 Å². The molecule has 0 unspecified atom stereocenters. The number of anilines is 1. The van der Waals surface area contributed by atoms with Gasteiger partial charge in [0, 0.05) is 12.6 Å². The van der Waals surface area contributed by atoms with Crippen molar-refractivity contribution in [1.82, 2.24) is 4.98 Å². The van der Waals surface area contributed by atoms with E-state index in [2.05, 4.69) is 10.3 Å². The van der Waals surface area contributed by atoms with Gasteiger partial charge in [-0.05, 0) is 24.1 Å². The highest BCUT2D eigenvalue weighted by Gasteiger charge is 2.12. The van der Waals surface area contributed by atoms with E-state index < -0.39 is 23.4 Å². The first-order chi connectivity index (χ1) is 10.9. The molecule has 1 heterocycles. The van der Waals surface area contributed by atoms with E-state index in [0.29, 0.717) is 0 Å². The Bertz CT molecular complexity index is 768. The number of hydrogen-bond donors (Lipinski definition) is 2. The lowest BCUT2D eigenvalue weighted by Crippen LogP contribution is -2.16. The highest BCUT2D eigenvalue weighted by molar-refractivity contribution is 6.33.